The van der Waals surface area contributed by atoms with Crippen LogP contribution in [0.1, 0.15) is 16.8 Å². The third-order valence-electron chi connectivity index (χ3n) is 2.85. The number of aromatic nitrogens is 2. The van der Waals surface area contributed by atoms with E-state index in [0.29, 0.717) is 0 Å². The van der Waals surface area contributed by atoms with E-state index >= 15 is 0 Å². The Morgan fingerprint density at radius 1 is 1.29 bits per heavy atom. The van der Waals surface area contributed by atoms with Crippen LogP contribution < -0.4 is 5.32 Å². The number of nitrogens with one attached hydrogen (secondary N) is 1. The zero-order chi connectivity index (χ0) is 12.3. The lowest BCUT2D eigenvalue weighted by atomic mass is 10.2. The van der Waals surface area contributed by atoms with Crippen LogP contribution in [0.15, 0.2) is 30.5 Å². The van der Waals surface area contributed by atoms with Gasteiger partial charge in [0.05, 0.1) is 12.7 Å². The molecule has 0 bridgehead atoms. The molecule has 0 saturated carbocycles. The van der Waals surface area contributed by atoms with E-state index in [1.54, 1.807) is 0 Å². The van der Waals surface area contributed by atoms with Crippen LogP contribution >= 0.6 is 11.6 Å². The van der Waals surface area contributed by atoms with Crippen LogP contribution in [0.4, 0.5) is 0 Å². The smallest absolute Gasteiger partial charge is 0.0677 e. The minimum atomic E-state index is 0.717. The summed E-state index contributed by atoms with van der Waals surface area (Å²) in [6, 6.07) is 7.87. The van der Waals surface area contributed by atoms with Gasteiger partial charge in [-0.15, -0.1) is 0 Å². The second-order valence-electron chi connectivity index (χ2n) is 4.03. The van der Waals surface area contributed by atoms with Crippen LogP contribution in [-0.4, -0.2) is 16.8 Å². The maximum atomic E-state index is 6.14. The summed E-state index contributed by atoms with van der Waals surface area (Å²) in [4.78, 5) is 0. The van der Waals surface area contributed by atoms with Gasteiger partial charge in [0.1, 0.15) is 0 Å². The zero-order valence-corrected chi connectivity index (χ0v) is 10.8. The molecule has 0 saturated heterocycles. The molecular formula is C13H16ClN3. The Morgan fingerprint density at radius 2 is 2.06 bits per heavy atom. The van der Waals surface area contributed by atoms with Crippen LogP contribution in [0.5, 0.6) is 0 Å². The van der Waals surface area contributed by atoms with Crippen molar-refractivity contribution in [1.29, 1.82) is 0 Å². The molecule has 2 aromatic rings. The van der Waals surface area contributed by atoms with Gasteiger partial charge in [-0.3, -0.25) is 4.68 Å². The summed E-state index contributed by atoms with van der Waals surface area (Å²) in [6.07, 6.45) is 1.91. The molecule has 0 radical (unpaired) electrons. The van der Waals surface area contributed by atoms with Crippen molar-refractivity contribution in [3.8, 4) is 0 Å². The highest BCUT2D eigenvalue weighted by Gasteiger charge is 2.07. The first-order valence-corrected chi connectivity index (χ1v) is 5.99. The Labute approximate surface area is 106 Å². The highest BCUT2D eigenvalue weighted by Crippen LogP contribution is 2.17. The van der Waals surface area contributed by atoms with Crippen molar-refractivity contribution in [2.24, 2.45) is 0 Å². The van der Waals surface area contributed by atoms with E-state index in [0.717, 1.165) is 23.7 Å². The van der Waals surface area contributed by atoms with E-state index in [-0.39, 0.29) is 0 Å². The lowest BCUT2D eigenvalue weighted by molar-refractivity contribution is 0.662. The molecule has 1 heterocycles. The standard InChI is InChI=1S/C13H16ClN3/c1-10-12(7-15-2)8-16-17(10)9-11-5-3-4-6-13(11)14/h3-6,8,15H,7,9H2,1-2H3. The van der Waals surface area contributed by atoms with E-state index in [9.17, 15) is 0 Å². The summed E-state index contributed by atoms with van der Waals surface area (Å²) < 4.78 is 1.98. The Kier molecular flexibility index (Phi) is 3.82. The van der Waals surface area contributed by atoms with Gasteiger partial charge in [0, 0.05) is 22.8 Å². The lowest BCUT2D eigenvalue weighted by Gasteiger charge is -2.07. The minimum Gasteiger partial charge on any atom is -0.316 e. The van der Waals surface area contributed by atoms with Gasteiger partial charge in [-0.1, -0.05) is 29.8 Å². The summed E-state index contributed by atoms with van der Waals surface area (Å²) in [5.74, 6) is 0. The molecule has 1 N–H and O–H groups in total. The Hall–Kier alpha value is -1.32. The fraction of sp³-hybridized carbons (Fsp3) is 0.308. The molecule has 90 valence electrons. The second kappa shape index (κ2) is 5.34. The van der Waals surface area contributed by atoms with E-state index in [1.807, 2.05) is 42.2 Å². The van der Waals surface area contributed by atoms with Crippen molar-refractivity contribution in [2.45, 2.75) is 20.0 Å². The van der Waals surface area contributed by atoms with Gasteiger partial charge in [0.2, 0.25) is 0 Å². The third kappa shape index (κ3) is 2.68. The first kappa shape index (κ1) is 12.1. The molecule has 0 aliphatic rings. The SMILES string of the molecule is CNCc1cnn(Cc2ccccc2Cl)c1C. The zero-order valence-electron chi connectivity index (χ0n) is 10.1. The summed E-state index contributed by atoms with van der Waals surface area (Å²) >= 11 is 6.14. The quantitative estimate of drug-likeness (QED) is 0.903. The average molecular weight is 250 g/mol. The molecule has 0 spiro atoms. The largest absolute Gasteiger partial charge is 0.316 e. The van der Waals surface area contributed by atoms with Crippen LogP contribution in [-0.2, 0) is 13.1 Å². The number of rotatable bonds is 4. The number of halogens is 1. The van der Waals surface area contributed by atoms with Gasteiger partial charge in [0.25, 0.3) is 0 Å². The Balaban J connectivity index is 2.22. The van der Waals surface area contributed by atoms with E-state index in [1.165, 1.54) is 11.3 Å². The number of hydrogen-bond donors (Lipinski definition) is 1. The monoisotopic (exact) mass is 249 g/mol. The van der Waals surface area contributed by atoms with Crippen LogP contribution in [0, 0.1) is 6.92 Å². The van der Waals surface area contributed by atoms with Gasteiger partial charge >= 0.3 is 0 Å². The Morgan fingerprint density at radius 3 is 2.76 bits per heavy atom. The van der Waals surface area contributed by atoms with Gasteiger partial charge in [0.15, 0.2) is 0 Å². The molecule has 2 rings (SSSR count). The van der Waals surface area contributed by atoms with Crippen molar-refractivity contribution in [3.05, 3.63) is 52.3 Å². The van der Waals surface area contributed by atoms with Crippen molar-refractivity contribution >= 4 is 11.6 Å². The molecule has 3 nitrogen and oxygen atoms in total. The summed E-state index contributed by atoms with van der Waals surface area (Å²) in [6.45, 7) is 3.64. The number of hydrogen-bond acceptors (Lipinski definition) is 2. The van der Waals surface area contributed by atoms with Crippen molar-refractivity contribution < 1.29 is 0 Å². The molecule has 0 atom stereocenters. The van der Waals surface area contributed by atoms with E-state index in [2.05, 4.69) is 17.3 Å². The summed E-state index contributed by atoms with van der Waals surface area (Å²) in [5.41, 5.74) is 3.50. The summed E-state index contributed by atoms with van der Waals surface area (Å²) in [5, 5.41) is 8.31. The maximum absolute atomic E-state index is 6.14. The van der Waals surface area contributed by atoms with E-state index < -0.39 is 0 Å². The number of nitrogens with zero attached hydrogens (tertiary/aromatic N) is 2. The van der Waals surface area contributed by atoms with Crippen molar-refractivity contribution in [2.75, 3.05) is 7.05 Å². The molecule has 1 aromatic heterocycles. The maximum Gasteiger partial charge on any atom is 0.0677 e. The molecule has 0 fully saturated rings. The van der Waals surface area contributed by atoms with Gasteiger partial charge in [-0.05, 0) is 25.6 Å². The van der Waals surface area contributed by atoms with Crippen LogP contribution in [0.25, 0.3) is 0 Å². The molecule has 0 amide bonds. The molecule has 4 heteroatoms. The lowest BCUT2D eigenvalue weighted by Crippen LogP contribution is -2.08. The molecule has 0 aliphatic heterocycles. The predicted molar refractivity (Wildman–Crippen MR) is 70.3 cm³/mol. The first-order valence-electron chi connectivity index (χ1n) is 5.61. The molecule has 17 heavy (non-hydrogen) atoms. The first-order chi connectivity index (χ1) is 8.22. The van der Waals surface area contributed by atoms with Crippen molar-refractivity contribution in [1.82, 2.24) is 15.1 Å². The van der Waals surface area contributed by atoms with Gasteiger partial charge < -0.3 is 5.32 Å². The fourth-order valence-corrected chi connectivity index (χ4v) is 1.99. The average Bonchev–Trinajstić information content (AvgIpc) is 2.65. The van der Waals surface area contributed by atoms with Gasteiger partial charge in [-0.25, -0.2) is 0 Å². The molecule has 0 aliphatic carbocycles. The second-order valence-corrected chi connectivity index (χ2v) is 4.44. The van der Waals surface area contributed by atoms with Crippen LogP contribution in [0.3, 0.4) is 0 Å². The minimum absolute atomic E-state index is 0.717. The predicted octanol–water partition coefficient (Wildman–Crippen LogP) is 2.61. The molecule has 1 aromatic carbocycles. The van der Waals surface area contributed by atoms with Crippen LogP contribution in [0.2, 0.25) is 5.02 Å². The highest BCUT2D eigenvalue weighted by atomic mass is 35.5. The third-order valence-corrected chi connectivity index (χ3v) is 3.22. The topological polar surface area (TPSA) is 29.9 Å². The number of benzene rings is 1. The fourth-order valence-electron chi connectivity index (χ4n) is 1.80. The summed E-state index contributed by atoms with van der Waals surface area (Å²) in [7, 11) is 1.94. The Bertz CT molecular complexity index is 505. The van der Waals surface area contributed by atoms with Crippen molar-refractivity contribution in [3.63, 3.8) is 0 Å². The van der Waals surface area contributed by atoms with E-state index in [4.69, 9.17) is 11.6 Å². The highest BCUT2D eigenvalue weighted by molar-refractivity contribution is 6.31. The van der Waals surface area contributed by atoms with Gasteiger partial charge in [-0.2, -0.15) is 5.10 Å². The molecular weight excluding hydrogens is 234 g/mol. The molecule has 0 unspecified atom stereocenters. The normalized spacial score (nSPS) is 10.8.